The highest BCUT2D eigenvalue weighted by molar-refractivity contribution is 7.47. The second kappa shape index (κ2) is 24.4. The van der Waals surface area contributed by atoms with Crippen molar-refractivity contribution >= 4 is 51.8 Å². The molecule has 1 aliphatic heterocycles. The number of hydrogen-bond acceptors (Lipinski definition) is 13. The molecule has 1 fully saturated rings. The third-order valence-corrected chi connectivity index (χ3v) is 7.84. The van der Waals surface area contributed by atoms with E-state index in [9.17, 15) is 38.1 Å². The number of unbranched alkanes of at least 4 members (excludes halogenated alkanes) is 4. The van der Waals surface area contributed by atoms with Crippen LogP contribution in [0.2, 0.25) is 0 Å². The normalized spacial score (nSPS) is 15.9. The Kier molecular flexibility index (Phi) is 24.6. The minimum absolute atomic E-state index is 0.0241. The maximum atomic E-state index is 11.7. The van der Waals surface area contributed by atoms with Crippen molar-refractivity contribution in [2.75, 3.05) is 81.8 Å². The largest absolute Gasteiger partial charge is 0.481 e. The molecule has 18 nitrogen and oxygen atoms in total. The molecule has 0 spiro atoms. The quantitative estimate of drug-likeness (QED) is 0.0510. The van der Waals surface area contributed by atoms with Gasteiger partial charge >= 0.3 is 27.6 Å². The number of carboxylic acids is 1. The van der Waals surface area contributed by atoms with E-state index in [4.69, 9.17) is 32.8 Å². The molecule has 0 aromatic rings. The van der Waals surface area contributed by atoms with Gasteiger partial charge in [-0.25, -0.2) is 18.7 Å². The predicted octanol–water partition coefficient (Wildman–Crippen LogP) is 2.76. The molecule has 1 heterocycles. The van der Waals surface area contributed by atoms with Crippen molar-refractivity contribution in [3.05, 3.63) is 0 Å². The van der Waals surface area contributed by atoms with Gasteiger partial charge in [0.2, 0.25) is 0 Å². The fraction of sp³-hybridized carbons (Fsp3) is 0.846. The van der Waals surface area contributed by atoms with Gasteiger partial charge in [-0.15, -0.1) is 5.06 Å². The van der Waals surface area contributed by atoms with Gasteiger partial charge in [-0.3, -0.25) is 32.5 Å². The summed E-state index contributed by atoms with van der Waals surface area (Å²) in [6.07, 6.45) is 3.43. The first-order valence-corrected chi connectivity index (χ1v) is 18.4. The van der Waals surface area contributed by atoms with Crippen LogP contribution < -0.4 is 0 Å². The molecule has 0 aromatic heterocycles. The maximum Gasteiger partial charge on any atom is 0.472 e. The minimum atomic E-state index is -4.06. The molecular formula is C26H54N4O14P2S+2. The lowest BCUT2D eigenvalue weighted by Crippen LogP contribution is -2.37. The average molecular weight is 741 g/mol. The van der Waals surface area contributed by atoms with E-state index >= 15 is 0 Å². The molecule has 0 aliphatic carbocycles. The molecule has 276 valence electrons. The van der Waals surface area contributed by atoms with Crippen LogP contribution in [0.1, 0.15) is 64.2 Å². The summed E-state index contributed by atoms with van der Waals surface area (Å²) in [6.45, 7) is 1.55. The van der Waals surface area contributed by atoms with Crippen molar-refractivity contribution in [2.45, 2.75) is 64.2 Å². The first-order valence-electron chi connectivity index (χ1n) is 15.0. The zero-order chi connectivity index (χ0) is 36.7. The van der Waals surface area contributed by atoms with Crippen LogP contribution in [0.5, 0.6) is 0 Å². The number of hydrogen-bond donors (Lipinski definition) is 4. The number of rotatable bonds is 23. The summed E-state index contributed by atoms with van der Waals surface area (Å²) in [7, 11) is 3.64. The maximum absolute atomic E-state index is 11.7. The van der Waals surface area contributed by atoms with Crippen LogP contribution >= 0.6 is 15.6 Å². The van der Waals surface area contributed by atoms with Gasteiger partial charge in [0.25, 0.3) is 11.8 Å². The molecule has 0 radical (unpaired) electrons. The molecule has 21 heteroatoms. The van der Waals surface area contributed by atoms with Crippen molar-refractivity contribution < 1.29 is 75.1 Å². The summed E-state index contributed by atoms with van der Waals surface area (Å²) in [5, 5.41) is 8.94. The lowest BCUT2D eigenvalue weighted by atomic mass is 10.2. The van der Waals surface area contributed by atoms with Crippen LogP contribution in [0, 0.1) is 4.78 Å². The molecule has 4 N–H and O–H groups in total. The van der Waals surface area contributed by atoms with Gasteiger partial charge in [0.05, 0.1) is 55.5 Å². The first kappa shape index (κ1) is 47.4. The number of aliphatic carboxylic acids is 1. The number of phosphoric acid groups is 2. The third kappa shape index (κ3) is 30.1. The highest BCUT2D eigenvalue weighted by Crippen LogP contribution is 2.43. The Hall–Kier alpha value is -1.76. The van der Waals surface area contributed by atoms with Crippen molar-refractivity contribution in [3.63, 3.8) is 0 Å². The van der Waals surface area contributed by atoms with Gasteiger partial charge < -0.3 is 28.7 Å². The second-order valence-electron chi connectivity index (χ2n) is 12.4. The number of carbonyl (C=O) groups is 4. The molecule has 47 heavy (non-hydrogen) atoms. The van der Waals surface area contributed by atoms with Crippen molar-refractivity contribution in [3.8, 4) is 0 Å². The van der Waals surface area contributed by atoms with Crippen LogP contribution in [0.3, 0.4) is 0 Å². The number of nitrogens with zero attached hydrogens (tertiary/aromatic N) is 3. The lowest BCUT2D eigenvalue weighted by Gasteiger charge is -2.24. The lowest BCUT2D eigenvalue weighted by molar-refractivity contribution is -0.870. The van der Waals surface area contributed by atoms with Crippen molar-refractivity contribution in [2.24, 2.45) is 0 Å². The molecule has 0 saturated carbocycles. The average Bonchev–Trinajstić information content (AvgIpc) is 3.24. The Bertz CT molecular complexity index is 1040. The topological polar surface area (TPSA) is 236 Å². The number of carbonyl (C=O) groups excluding carboxylic acids is 3. The van der Waals surface area contributed by atoms with E-state index < -0.39 is 39.4 Å². The standard InChI is InChI=1S/C15H27N2O8P.C11H24NO6P.HNS/c1-17(2,3)10-12-24-26(21,22)23-11-6-4-5-7-15(20)25-16-13(18)8-9-14(16)19;1-12(2,3)8-10-18-19(15,16)17-9-6-4-5-7-11(13)14;1-2/h4-12H2,1-3H3;4-10H2,1-3H3,(H-,13,14,15,16);1H/p+2. The monoisotopic (exact) mass is 740 g/mol. The number of amides is 2. The van der Waals surface area contributed by atoms with Crippen LogP contribution in [-0.2, 0) is 63.7 Å². The molecule has 1 aliphatic rings. The van der Waals surface area contributed by atoms with Gasteiger partial charge in [0.1, 0.15) is 26.3 Å². The number of imide groups is 1. The van der Waals surface area contributed by atoms with E-state index in [0.29, 0.717) is 65.6 Å². The summed E-state index contributed by atoms with van der Waals surface area (Å²) in [6, 6.07) is 0. The van der Waals surface area contributed by atoms with Gasteiger partial charge in [0.15, 0.2) is 0 Å². The zero-order valence-electron chi connectivity index (χ0n) is 28.3. The molecule has 1 saturated heterocycles. The molecule has 2 unspecified atom stereocenters. The SMILES string of the molecule is C[N+](C)(C)CCOP(=O)(O)OCCCCCC(=O)O.C[N+](C)(C)CCOP(=O)(O)OCCCCCC(=O)ON1C(=O)CCC1=O.N=S. The molecule has 0 aromatic carbocycles. The van der Waals surface area contributed by atoms with E-state index in [1.165, 1.54) is 0 Å². The Labute approximate surface area is 282 Å². The van der Waals surface area contributed by atoms with Gasteiger partial charge in [0, 0.05) is 38.1 Å². The van der Waals surface area contributed by atoms with Crippen LogP contribution in [-0.4, -0.2) is 134 Å². The van der Waals surface area contributed by atoms with E-state index in [-0.39, 0.29) is 52.1 Å². The molecule has 2 amide bonds. The van der Waals surface area contributed by atoms with E-state index in [1.54, 1.807) is 0 Å². The fourth-order valence-electron chi connectivity index (χ4n) is 3.20. The summed E-state index contributed by atoms with van der Waals surface area (Å²) in [4.78, 5) is 68.1. The molecule has 0 bridgehead atoms. The molecular weight excluding hydrogens is 686 g/mol. The summed E-state index contributed by atoms with van der Waals surface area (Å²) < 4.78 is 49.0. The molecule has 2 atom stereocenters. The van der Waals surface area contributed by atoms with Crippen molar-refractivity contribution in [1.82, 2.24) is 5.06 Å². The predicted molar refractivity (Wildman–Crippen MR) is 171 cm³/mol. The Morgan fingerprint density at radius 3 is 1.43 bits per heavy atom. The zero-order valence-corrected chi connectivity index (χ0v) is 30.9. The number of nitrogens with one attached hydrogen (secondary N) is 1. The van der Waals surface area contributed by atoms with E-state index in [0.717, 1.165) is 0 Å². The van der Waals surface area contributed by atoms with Gasteiger partial charge in [-0.05, 0) is 25.7 Å². The number of carboxylic acid groups (broad SMARTS) is 1. The highest BCUT2D eigenvalue weighted by Gasteiger charge is 2.32. The van der Waals surface area contributed by atoms with Crippen molar-refractivity contribution in [1.29, 1.82) is 4.78 Å². The van der Waals surface area contributed by atoms with E-state index in [2.05, 4.69) is 12.4 Å². The fourth-order valence-corrected chi connectivity index (χ4v) is 4.70. The third-order valence-electron chi connectivity index (χ3n) is 5.80. The van der Waals surface area contributed by atoms with Gasteiger partial charge in [-0.2, -0.15) is 0 Å². The second-order valence-corrected chi connectivity index (χ2v) is 15.3. The van der Waals surface area contributed by atoms with Crippen LogP contribution in [0.15, 0.2) is 0 Å². The smallest absolute Gasteiger partial charge is 0.472 e. The Morgan fingerprint density at radius 1 is 0.702 bits per heavy atom. The number of likely N-dealkylation sites (N-methyl/N-ethyl adjacent to an activating group) is 2. The first-order chi connectivity index (χ1) is 21.6. The Morgan fingerprint density at radius 2 is 1.06 bits per heavy atom. The number of hydroxylamine groups is 2. The number of quaternary nitrogens is 2. The summed E-state index contributed by atoms with van der Waals surface area (Å²) in [5.41, 5.74) is 0. The van der Waals surface area contributed by atoms with Crippen LogP contribution in [0.25, 0.3) is 0 Å². The highest BCUT2D eigenvalue weighted by atomic mass is 32.1. The summed E-state index contributed by atoms with van der Waals surface area (Å²) >= 11 is 3.33. The van der Waals surface area contributed by atoms with Crippen LogP contribution in [0.4, 0.5) is 0 Å². The minimum Gasteiger partial charge on any atom is -0.481 e. The van der Waals surface area contributed by atoms with Gasteiger partial charge in [-0.1, -0.05) is 12.8 Å². The van der Waals surface area contributed by atoms with E-state index in [1.807, 2.05) is 42.3 Å². The molecule has 1 rings (SSSR count). The number of phosphoric ester groups is 2. The Balaban J connectivity index is 0. The summed E-state index contributed by atoms with van der Waals surface area (Å²) in [5.74, 6) is -2.52.